The molecule has 17 heavy (non-hydrogen) atoms. The fraction of sp³-hybridized carbons (Fsp3) is 0.500. The molecule has 2 rings (SSSR count). The number of aryl methyl sites for hydroxylation is 1. The van der Waals surface area contributed by atoms with Crippen LogP contribution in [0.15, 0.2) is 18.2 Å². The standard InChI is InChI=1S/C12H16N2O3/c1-9-4-2-6-11(14(15)16)12(9)17-10-5-3-7-13-8-10/h2,4,6,10,13H,3,5,7-8H2,1H3. The molecule has 1 aliphatic heterocycles. The molecule has 0 radical (unpaired) electrons. The van der Waals surface area contributed by atoms with Crippen LogP contribution in [0.3, 0.4) is 0 Å². The summed E-state index contributed by atoms with van der Waals surface area (Å²) in [5.41, 5.74) is 0.861. The van der Waals surface area contributed by atoms with Crippen molar-refractivity contribution in [2.24, 2.45) is 0 Å². The van der Waals surface area contributed by atoms with Crippen molar-refractivity contribution in [3.63, 3.8) is 0 Å². The maximum absolute atomic E-state index is 10.9. The highest BCUT2D eigenvalue weighted by Crippen LogP contribution is 2.31. The van der Waals surface area contributed by atoms with Gasteiger partial charge < -0.3 is 10.1 Å². The Labute approximate surface area is 99.9 Å². The molecule has 1 saturated heterocycles. The number of nitro groups is 1. The van der Waals surface area contributed by atoms with Gasteiger partial charge in [0.2, 0.25) is 0 Å². The van der Waals surface area contributed by atoms with E-state index in [4.69, 9.17) is 4.74 Å². The molecule has 5 heteroatoms. The van der Waals surface area contributed by atoms with Crippen LogP contribution in [0, 0.1) is 17.0 Å². The maximum atomic E-state index is 10.9. The zero-order valence-electron chi connectivity index (χ0n) is 9.81. The maximum Gasteiger partial charge on any atom is 0.311 e. The Morgan fingerprint density at radius 3 is 3.00 bits per heavy atom. The minimum Gasteiger partial charge on any atom is -0.482 e. The topological polar surface area (TPSA) is 64.4 Å². The first-order valence-corrected chi connectivity index (χ1v) is 5.80. The van der Waals surface area contributed by atoms with Gasteiger partial charge in [0.15, 0.2) is 5.75 Å². The minimum atomic E-state index is -0.390. The van der Waals surface area contributed by atoms with E-state index in [0.29, 0.717) is 5.75 Å². The molecule has 1 aromatic rings. The van der Waals surface area contributed by atoms with Gasteiger partial charge in [-0.2, -0.15) is 0 Å². The lowest BCUT2D eigenvalue weighted by Gasteiger charge is -2.24. The quantitative estimate of drug-likeness (QED) is 0.644. The molecule has 0 saturated carbocycles. The highest BCUT2D eigenvalue weighted by Gasteiger charge is 2.22. The lowest BCUT2D eigenvalue weighted by molar-refractivity contribution is -0.386. The van der Waals surface area contributed by atoms with E-state index in [0.717, 1.165) is 31.5 Å². The minimum absolute atomic E-state index is 0.0311. The van der Waals surface area contributed by atoms with Crippen molar-refractivity contribution >= 4 is 5.69 Å². The van der Waals surface area contributed by atoms with Crippen LogP contribution in [0.2, 0.25) is 0 Å². The SMILES string of the molecule is Cc1cccc([N+](=O)[O-])c1OC1CCCNC1. The summed E-state index contributed by atoms with van der Waals surface area (Å²) in [5.74, 6) is 0.409. The number of ether oxygens (including phenoxy) is 1. The highest BCUT2D eigenvalue weighted by atomic mass is 16.6. The Kier molecular flexibility index (Phi) is 3.58. The molecule has 0 bridgehead atoms. The number of rotatable bonds is 3. The van der Waals surface area contributed by atoms with Gasteiger partial charge in [-0.05, 0) is 31.9 Å². The summed E-state index contributed by atoms with van der Waals surface area (Å²) in [4.78, 5) is 10.5. The Morgan fingerprint density at radius 2 is 2.35 bits per heavy atom. The molecule has 0 aliphatic carbocycles. The van der Waals surface area contributed by atoms with E-state index in [1.54, 1.807) is 6.07 Å². The first-order valence-electron chi connectivity index (χ1n) is 5.80. The third-order valence-electron chi connectivity index (χ3n) is 2.92. The van der Waals surface area contributed by atoms with Crippen LogP contribution >= 0.6 is 0 Å². The number of nitrogens with zero attached hydrogens (tertiary/aromatic N) is 1. The van der Waals surface area contributed by atoms with Gasteiger partial charge in [0.25, 0.3) is 0 Å². The summed E-state index contributed by atoms with van der Waals surface area (Å²) < 4.78 is 5.77. The molecule has 1 fully saturated rings. The van der Waals surface area contributed by atoms with E-state index >= 15 is 0 Å². The largest absolute Gasteiger partial charge is 0.482 e. The van der Waals surface area contributed by atoms with E-state index in [1.165, 1.54) is 6.07 Å². The lowest BCUT2D eigenvalue weighted by Crippen LogP contribution is -2.37. The molecule has 5 nitrogen and oxygen atoms in total. The second-order valence-electron chi connectivity index (χ2n) is 4.27. The molecule has 1 N–H and O–H groups in total. The molecule has 1 aliphatic rings. The summed E-state index contributed by atoms with van der Waals surface area (Å²) in [7, 11) is 0. The second kappa shape index (κ2) is 5.14. The van der Waals surface area contributed by atoms with Crippen LogP contribution < -0.4 is 10.1 Å². The number of nitro benzene ring substituents is 1. The fourth-order valence-corrected chi connectivity index (χ4v) is 2.02. The molecule has 1 atom stereocenters. The average Bonchev–Trinajstić information content (AvgIpc) is 2.33. The van der Waals surface area contributed by atoms with Gasteiger partial charge in [-0.1, -0.05) is 12.1 Å². The van der Waals surface area contributed by atoms with Crippen LogP contribution in [0.4, 0.5) is 5.69 Å². The van der Waals surface area contributed by atoms with Crippen LogP contribution in [-0.2, 0) is 0 Å². The van der Waals surface area contributed by atoms with Crippen LogP contribution in [0.5, 0.6) is 5.75 Å². The Hall–Kier alpha value is -1.62. The normalized spacial score (nSPS) is 19.9. The molecule has 0 amide bonds. The van der Waals surface area contributed by atoms with Crippen LogP contribution in [0.25, 0.3) is 0 Å². The first-order chi connectivity index (χ1) is 8.18. The number of benzene rings is 1. The third kappa shape index (κ3) is 2.74. The molecule has 1 unspecified atom stereocenters. The van der Waals surface area contributed by atoms with E-state index in [-0.39, 0.29) is 11.8 Å². The smallest absolute Gasteiger partial charge is 0.311 e. The fourth-order valence-electron chi connectivity index (χ4n) is 2.02. The summed E-state index contributed by atoms with van der Waals surface area (Å²) in [6.45, 7) is 3.58. The van der Waals surface area contributed by atoms with Gasteiger partial charge in [0.1, 0.15) is 6.10 Å². The van der Waals surface area contributed by atoms with Crippen molar-refractivity contribution in [1.29, 1.82) is 0 Å². The van der Waals surface area contributed by atoms with Crippen molar-refractivity contribution < 1.29 is 9.66 Å². The zero-order chi connectivity index (χ0) is 12.3. The van der Waals surface area contributed by atoms with Crippen molar-refractivity contribution in [1.82, 2.24) is 5.32 Å². The van der Waals surface area contributed by atoms with Gasteiger partial charge in [-0.15, -0.1) is 0 Å². The predicted octanol–water partition coefficient (Wildman–Crippen LogP) is 2.03. The highest BCUT2D eigenvalue weighted by molar-refractivity contribution is 5.51. The van der Waals surface area contributed by atoms with E-state index in [1.807, 2.05) is 13.0 Å². The molecular weight excluding hydrogens is 220 g/mol. The Balaban J connectivity index is 2.21. The van der Waals surface area contributed by atoms with Crippen molar-refractivity contribution in [2.45, 2.75) is 25.9 Å². The number of nitrogens with one attached hydrogen (secondary N) is 1. The molecular formula is C12H16N2O3. The summed E-state index contributed by atoms with van der Waals surface area (Å²) in [6.07, 6.45) is 2.02. The summed E-state index contributed by atoms with van der Waals surface area (Å²) in [6, 6.07) is 5.00. The number of hydrogen-bond donors (Lipinski definition) is 1. The van der Waals surface area contributed by atoms with Crippen molar-refractivity contribution in [2.75, 3.05) is 13.1 Å². The molecule has 0 aromatic heterocycles. The second-order valence-corrected chi connectivity index (χ2v) is 4.27. The predicted molar refractivity (Wildman–Crippen MR) is 64.4 cm³/mol. The van der Waals surface area contributed by atoms with Crippen molar-refractivity contribution in [3.8, 4) is 5.75 Å². The average molecular weight is 236 g/mol. The number of hydrogen-bond acceptors (Lipinski definition) is 4. The zero-order valence-corrected chi connectivity index (χ0v) is 9.81. The van der Waals surface area contributed by atoms with E-state index < -0.39 is 4.92 Å². The van der Waals surface area contributed by atoms with Gasteiger partial charge in [0, 0.05) is 12.6 Å². The monoisotopic (exact) mass is 236 g/mol. The van der Waals surface area contributed by atoms with Crippen molar-refractivity contribution in [3.05, 3.63) is 33.9 Å². The third-order valence-corrected chi connectivity index (χ3v) is 2.92. The molecule has 1 heterocycles. The number of piperidine rings is 1. The van der Waals surface area contributed by atoms with Gasteiger partial charge in [-0.25, -0.2) is 0 Å². The van der Waals surface area contributed by atoms with Gasteiger partial charge in [-0.3, -0.25) is 10.1 Å². The van der Waals surface area contributed by atoms with E-state index in [9.17, 15) is 10.1 Å². The summed E-state index contributed by atoms with van der Waals surface area (Å²) in [5, 5.41) is 14.2. The number of para-hydroxylation sites is 1. The molecule has 1 aromatic carbocycles. The van der Waals surface area contributed by atoms with Crippen LogP contribution in [0.1, 0.15) is 18.4 Å². The molecule has 92 valence electrons. The lowest BCUT2D eigenvalue weighted by atomic mass is 10.1. The molecule has 0 spiro atoms. The van der Waals surface area contributed by atoms with E-state index in [2.05, 4.69) is 5.32 Å². The van der Waals surface area contributed by atoms with Gasteiger partial charge in [0.05, 0.1) is 4.92 Å². The van der Waals surface area contributed by atoms with Gasteiger partial charge >= 0.3 is 5.69 Å². The Bertz CT molecular complexity index is 414. The summed E-state index contributed by atoms with van der Waals surface area (Å²) >= 11 is 0. The first kappa shape index (κ1) is 11.9. The van der Waals surface area contributed by atoms with Crippen LogP contribution in [-0.4, -0.2) is 24.1 Å². The Morgan fingerprint density at radius 1 is 1.53 bits per heavy atom.